The van der Waals surface area contributed by atoms with Gasteiger partial charge >= 0.3 is 5.97 Å². The smallest absolute Gasteiger partial charge is 0.331 e. The highest BCUT2D eigenvalue weighted by Gasteiger charge is 2.28. The summed E-state index contributed by atoms with van der Waals surface area (Å²) in [5.74, 6) is -1.08. The van der Waals surface area contributed by atoms with Crippen LogP contribution in [0.15, 0.2) is 22.7 Å². The number of carboxylic acid groups (broad SMARTS) is 1. The second-order valence-corrected chi connectivity index (χ2v) is 5.32. The van der Waals surface area contributed by atoms with Crippen molar-refractivity contribution in [2.24, 2.45) is 0 Å². The van der Waals surface area contributed by atoms with E-state index in [2.05, 4.69) is 15.9 Å². The molecule has 1 atom stereocenters. The molecule has 0 aliphatic rings. The summed E-state index contributed by atoms with van der Waals surface area (Å²) in [6.07, 6.45) is 0.548. The Morgan fingerprint density at radius 1 is 1.50 bits per heavy atom. The van der Waals surface area contributed by atoms with Crippen LogP contribution in [0.25, 0.3) is 0 Å². The van der Waals surface area contributed by atoms with Crippen molar-refractivity contribution in [1.82, 2.24) is 4.90 Å². The molecule has 1 amide bonds. The quantitative estimate of drug-likeness (QED) is 0.842. The van der Waals surface area contributed by atoms with Gasteiger partial charge in [-0.3, -0.25) is 4.79 Å². The Morgan fingerprint density at radius 3 is 2.50 bits per heavy atom. The third kappa shape index (κ3) is 3.23. The molecule has 0 aromatic heterocycles. The van der Waals surface area contributed by atoms with E-state index >= 15 is 0 Å². The van der Waals surface area contributed by atoms with E-state index in [1.807, 2.05) is 0 Å². The monoisotopic (exact) mass is 333 g/mol. The van der Waals surface area contributed by atoms with Crippen molar-refractivity contribution in [3.63, 3.8) is 0 Å². The molecule has 4 nitrogen and oxygen atoms in total. The van der Waals surface area contributed by atoms with E-state index in [-0.39, 0.29) is 6.04 Å². The Balaban J connectivity index is 3.23. The molecular formula is C12H13BrClNO3. The van der Waals surface area contributed by atoms with E-state index in [1.54, 1.807) is 32.0 Å². The van der Waals surface area contributed by atoms with Crippen LogP contribution in [0, 0.1) is 0 Å². The van der Waals surface area contributed by atoms with Gasteiger partial charge in [-0.2, -0.15) is 0 Å². The second kappa shape index (κ2) is 6.20. The highest BCUT2D eigenvalue weighted by Crippen LogP contribution is 2.29. The Bertz CT molecular complexity index is 465. The largest absolute Gasteiger partial charge is 0.479 e. The number of nitrogens with zero attached hydrogens (tertiary/aromatic N) is 1. The topological polar surface area (TPSA) is 57.6 Å². The van der Waals surface area contributed by atoms with E-state index in [9.17, 15) is 14.7 Å². The molecule has 0 saturated carbocycles. The summed E-state index contributed by atoms with van der Waals surface area (Å²) in [5.41, 5.74) is 0.500. The van der Waals surface area contributed by atoms with Gasteiger partial charge < -0.3 is 10.0 Å². The summed E-state index contributed by atoms with van der Waals surface area (Å²) in [7, 11) is 0. The fourth-order valence-corrected chi connectivity index (χ4v) is 2.12. The van der Waals surface area contributed by atoms with Crippen molar-refractivity contribution >= 4 is 39.9 Å². The molecule has 18 heavy (non-hydrogen) atoms. The molecule has 0 bridgehead atoms. The molecule has 1 aromatic carbocycles. The van der Waals surface area contributed by atoms with Crippen LogP contribution in [0.4, 0.5) is 0 Å². The number of carboxylic acids is 1. The van der Waals surface area contributed by atoms with Gasteiger partial charge in [0.2, 0.25) is 6.41 Å². The predicted octanol–water partition coefficient (Wildman–Crippen LogP) is 3.10. The van der Waals surface area contributed by atoms with Gasteiger partial charge in [-0.25, -0.2) is 4.79 Å². The standard InChI is InChI=1S/C12H13BrClNO3/c1-7(2)15(6-16)11(12(17)18)8-3-4-10(14)9(13)5-8/h3-7,11H,1-2H3,(H,17,18). The highest BCUT2D eigenvalue weighted by molar-refractivity contribution is 9.10. The van der Waals surface area contributed by atoms with E-state index < -0.39 is 12.0 Å². The van der Waals surface area contributed by atoms with Gasteiger partial charge in [0.25, 0.3) is 0 Å². The molecule has 6 heteroatoms. The summed E-state index contributed by atoms with van der Waals surface area (Å²) in [5, 5.41) is 9.78. The van der Waals surface area contributed by atoms with Gasteiger partial charge in [-0.1, -0.05) is 17.7 Å². The maximum Gasteiger partial charge on any atom is 0.331 e. The van der Waals surface area contributed by atoms with Gasteiger partial charge in [0.05, 0.1) is 5.02 Å². The summed E-state index contributed by atoms with van der Waals surface area (Å²) < 4.78 is 0.600. The molecule has 1 aromatic rings. The molecular weight excluding hydrogens is 321 g/mol. The first kappa shape index (κ1) is 15.0. The molecule has 0 aliphatic heterocycles. The van der Waals surface area contributed by atoms with Gasteiger partial charge in [0.1, 0.15) is 0 Å². The number of hydrogen-bond acceptors (Lipinski definition) is 2. The SMILES string of the molecule is CC(C)N(C=O)C(C(=O)O)c1ccc(Cl)c(Br)c1. The lowest BCUT2D eigenvalue weighted by Gasteiger charge is -2.29. The molecule has 0 radical (unpaired) electrons. The maximum atomic E-state index is 11.4. The zero-order valence-electron chi connectivity index (χ0n) is 9.93. The molecule has 0 saturated heterocycles. The Hall–Kier alpha value is -1.07. The number of hydrogen-bond donors (Lipinski definition) is 1. The van der Waals surface area contributed by atoms with E-state index in [0.717, 1.165) is 0 Å². The average molecular weight is 335 g/mol. The van der Waals surface area contributed by atoms with E-state index in [4.69, 9.17) is 11.6 Å². The lowest BCUT2D eigenvalue weighted by Crippen LogP contribution is -2.38. The number of carbonyl (C=O) groups is 2. The number of rotatable bonds is 5. The van der Waals surface area contributed by atoms with Crippen molar-refractivity contribution in [3.05, 3.63) is 33.3 Å². The van der Waals surface area contributed by atoms with E-state index in [1.165, 1.54) is 4.90 Å². The number of halogens is 2. The lowest BCUT2D eigenvalue weighted by atomic mass is 10.0. The van der Waals surface area contributed by atoms with Crippen molar-refractivity contribution < 1.29 is 14.7 Å². The van der Waals surface area contributed by atoms with Crippen LogP contribution >= 0.6 is 27.5 Å². The van der Waals surface area contributed by atoms with Crippen LogP contribution in [-0.2, 0) is 9.59 Å². The minimum absolute atomic E-state index is 0.210. The first-order valence-corrected chi connectivity index (χ1v) is 6.46. The van der Waals surface area contributed by atoms with Crippen molar-refractivity contribution in [2.45, 2.75) is 25.9 Å². The molecule has 1 N–H and O–H groups in total. The third-order valence-electron chi connectivity index (χ3n) is 2.51. The van der Waals surface area contributed by atoms with Crippen molar-refractivity contribution in [2.75, 3.05) is 0 Å². The summed E-state index contributed by atoms with van der Waals surface area (Å²) in [6, 6.07) is 3.58. The highest BCUT2D eigenvalue weighted by atomic mass is 79.9. The normalized spacial score (nSPS) is 12.3. The Kier molecular flexibility index (Phi) is 5.16. The number of amides is 1. The van der Waals surface area contributed by atoms with Crippen LogP contribution in [0.2, 0.25) is 5.02 Å². The maximum absolute atomic E-state index is 11.4. The molecule has 0 aliphatic carbocycles. The summed E-state index contributed by atoms with van der Waals surface area (Å²) >= 11 is 9.10. The molecule has 1 rings (SSSR count). The fourth-order valence-electron chi connectivity index (χ4n) is 1.61. The first-order valence-electron chi connectivity index (χ1n) is 5.29. The van der Waals surface area contributed by atoms with Gasteiger partial charge in [-0.05, 0) is 47.5 Å². The second-order valence-electron chi connectivity index (χ2n) is 4.06. The minimum atomic E-state index is -1.08. The van der Waals surface area contributed by atoms with E-state index in [0.29, 0.717) is 21.5 Å². The van der Waals surface area contributed by atoms with Crippen LogP contribution in [0.5, 0.6) is 0 Å². The zero-order chi connectivity index (χ0) is 13.9. The zero-order valence-corrected chi connectivity index (χ0v) is 12.3. The summed E-state index contributed by atoms with van der Waals surface area (Å²) in [4.78, 5) is 23.6. The Labute approximate surface area is 119 Å². The van der Waals surface area contributed by atoms with Gasteiger partial charge in [-0.15, -0.1) is 0 Å². The molecule has 1 unspecified atom stereocenters. The fraction of sp³-hybridized carbons (Fsp3) is 0.333. The van der Waals surface area contributed by atoms with Gasteiger partial charge in [0.15, 0.2) is 6.04 Å². The van der Waals surface area contributed by atoms with Gasteiger partial charge in [0, 0.05) is 10.5 Å². The van der Waals surface area contributed by atoms with Crippen LogP contribution in [0.3, 0.4) is 0 Å². The van der Waals surface area contributed by atoms with Crippen LogP contribution in [0.1, 0.15) is 25.5 Å². The first-order chi connectivity index (χ1) is 8.38. The minimum Gasteiger partial charge on any atom is -0.479 e. The number of carbonyl (C=O) groups excluding carboxylic acids is 1. The van der Waals surface area contributed by atoms with Crippen LogP contribution in [-0.4, -0.2) is 28.4 Å². The van der Waals surface area contributed by atoms with Crippen molar-refractivity contribution in [1.29, 1.82) is 0 Å². The van der Waals surface area contributed by atoms with Crippen LogP contribution < -0.4 is 0 Å². The average Bonchev–Trinajstić information content (AvgIpc) is 2.28. The summed E-state index contributed by atoms with van der Waals surface area (Å²) in [6.45, 7) is 3.52. The molecule has 0 heterocycles. The van der Waals surface area contributed by atoms with Crippen molar-refractivity contribution in [3.8, 4) is 0 Å². The number of benzene rings is 1. The predicted molar refractivity (Wildman–Crippen MR) is 72.6 cm³/mol. The number of aliphatic carboxylic acids is 1. The Morgan fingerprint density at radius 2 is 2.11 bits per heavy atom. The molecule has 0 spiro atoms. The third-order valence-corrected chi connectivity index (χ3v) is 3.72. The molecule has 98 valence electrons. The molecule has 0 fully saturated rings. The lowest BCUT2D eigenvalue weighted by molar-refractivity contribution is -0.148.